The maximum Gasteiger partial charge on any atom is 0.187 e. The number of aromatic nitrogens is 4. The predicted octanol–water partition coefficient (Wildman–Crippen LogP) is 2.33. The third-order valence-electron chi connectivity index (χ3n) is 2.86. The maximum absolute atomic E-state index is 13.8. The van der Waals surface area contributed by atoms with Crippen LogP contribution in [0.5, 0.6) is 0 Å². The van der Waals surface area contributed by atoms with Gasteiger partial charge in [-0.1, -0.05) is 0 Å². The molecule has 0 bridgehead atoms. The summed E-state index contributed by atoms with van der Waals surface area (Å²) in [5, 5.41) is 10.8. The van der Waals surface area contributed by atoms with Crippen molar-refractivity contribution in [1.29, 1.82) is 0 Å². The molecule has 1 aromatic heterocycles. The summed E-state index contributed by atoms with van der Waals surface area (Å²) in [7, 11) is 0. The lowest BCUT2D eigenvalue weighted by atomic mass is 10.2. The van der Waals surface area contributed by atoms with Gasteiger partial charge in [-0.2, -0.15) is 4.68 Å². The number of tetrazole rings is 1. The summed E-state index contributed by atoms with van der Waals surface area (Å²) in [5.74, 6) is -3.26. The molecule has 0 unspecified atom stereocenters. The zero-order chi connectivity index (χ0) is 15.0. The van der Waals surface area contributed by atoms with Crippen LogP contribution in [0.2, 0.25) is 0 Å². The molecule has 0 radical (unpaired) electrons. The third-order valence-corrected chi connectivity index (χ3v) is 2.86. The molecule has 0 spiro atoms. The van der Waals surface area contributed by atoms with Gasteiger partial charge in [-0.3, -0.25) is 0 Å². The zero-order valence-electron chi connectivity index (χ0n) is 10.5. The zero-order valence-corrected chi connectivity index (χ0v) is 10.5. The van der Waals surface area contributed by atoms with Crippen LogP contribution in [0, 0.1) is 17.5 Å². The minimum Gasteiger partial charge on any atom is -0.399 e. The lowest BCUT2D eigenvalue weighted by Crippen LogP contribution is -2.04. The summed E-state index contributed by atoms with van der Waals surface area (Å²) in [4.78, 5) is 0. The van der Waals surface area contributed by atoms with Gasteiger partial charge in [0.2, 0.25) is 0 Å². The summed E-state index contributed by atoms with van der Waals surface area (Å²) in [6.45, 7) is 0. The highest BCUT2D eigenvalue weighted by atomic mass is 19.2. The fourth-order valence-electron chi connectivity index (χ4n) is 1.84. The summed E-state index contributed by atoms with van der Waals surface area (Å²) < 4.78 is 41.1. The van der Waals surface area contributed by atoms with Gasteiger partial charge in [-0.05, 0) is 34.7 Å². The average Bonchev–Trinajstić information content (AvgIpc) is 2.93. The molecule has 0 aliphatic heterocycles. The molecule has 2 N–H and O–H groups in total. The number of hydrogen-bond donors (Lipinski definition) is 1. The molecule has 0 aliphatic carbocycles. The summed E-state index contributed by atoms with van der Waals surface area (Å²) in [5.41, 5.74) is 6.39. The van der Waals surface area contributed by atoms with Crippen molar-refractivity contribution in [2.75, 3.05) is 5.73 Å². The van der Waals surface area contributed by atoms with E-state index >= 15 is 0 Å². The van der Waals surface area contributed by atoms with E-state index in [1.807, 2.05) is 0 Å². The van der Waals surface area contributed by atoms with Gasteiger partial charge in [-0.15, -0.1) is 5.10 Å². The average molecular weight is 291 g/mol. The quantitative estimate of drug-likeness (QED) is 0.581. The van der Waals surface area contributed by atoms with E-state index in [0.717, 1.165) is 4.68 Å². The number of hydrogen-bond acceptors (Lipinski definition) is 4. The van der Waals surface area contributed by atoms with Crippen molar-refractivity contribution in [3.63, 3.8) is 0 Å². The largest absolute Gasteiger partial charge is 0.399 e. The Kier molecular flexibility index (Phi) is 3.05. The normalized spacial score (nSPS) is 10.8. The molecule has 106 valence electrons. The van der Waals surface area contributed by atoms with Crippen molar-refractivity contribution >= 4 is 5.69 Å². The Hall–Kier alpha value is -2.90. The van der Waals surface area contributed by atoms with Crippen molar-refractivity contribution in [2.24, 2.45) is 0 Å². The van der Waals surface area contributed by atoms with E-state index in [1.54, 1.807) is 24.3 Å². The van der Waals surface area contributed by atoms with Crippen molar-refractivity contribution in [3.05, 3.63) is 53.8 Å². The molecule has 21 heavy (non-hydrogen) atoms. The second kappa shape index (κ2) is 4.89. The second-order valence-corrected chi connectivity index (χ2v) is 4.25. The molecule has 0 amide bonds. The van der Waals surface area contributed by atoms with Gasteiger partial charge < -0.3 is 5.73 Å². The van der Waals surface area contributed by atoms with Gasteiger partial charge in [-0.25, -0.2) is 13.2 Å². The smallest absolute Gasteiger partial charge is 0.187 e. The first-order valence-corrected chi connectivity index (χ1v) is 5.85. The molecule has 0 saturated heterocycles. The van der Waals surface area contributed by atoms with Crippen LogP contribution in [-0.2, 0) is 0 Å². The van der Waals surface area contributed by atoms with Crippen LogP contribution in [0.15, 0.2) is 36.4 Å². The first-order chi connectivity index (χ1) is 10.1. The summed E-state index contributed by atoms with van der Waals surface area (Å²) >= 11 is 0. The second-order valence-electron chi connectivity index (χ2n) is 4.25. The van der Waals surface area contributed by atoms with Crippen LogP contribution in [0.4, 0.5) is 18.9 Å². The Balaban J connectivity index is 2.15. The first kappa shape index (κ1) is 13.1. The van der Waals surface area contributed by atoms with Gasteiger partial charge in [0.15, 0.2) is 23.3 Å². The molecule has 3 rings (SSSR count). The van der Waals surface area contributed by atoms with E-state index in [9.17, 15) is 13.2 Å². The molecule has 0 atom stereocenters. The number of benzene rings is 2. The lowest BCUT2D eigenvalue weighted by Gasteiger charge is -2.06. The first-order valence-electron chi connectivity index (χ1n) is 5.85. The molecule has 1 heterocycles. The number of anilines is 1. The van der Waals surface area contributed by atoms with Crippen molar-refractivity contribution in [1.82, 2.24) is 20.2 Å². The summed E-state index contributed by atoms with van der Waals surface area (Å²) in [6.07, 6.45) is 0. The highest BCUT2D eigenvalue weighted by Crippen LogP contribution is 2.23. The van der Waals surface area contributed by atoms with Crippen LogP contribution >= 0.6 is 0 Å². The lowest BCUT2D eigenvalue weighted by molar-refractivity contribution is 0.491. The number of halogens is 3. The van der Waals surface area contributed by atoms with E-state index in [1.165, 1.54) is 0 Å². The van der Waals surface area contributed by atoms with Gasteiger partial charge in [0.05, 0.1) is 0 Å². The minimum absolute atomic E-state index is 0.180. The third kappa shape index (κ3) is 2.31. The van der Waals surface area contributed by atoms with Crippen LogP contribution in [0.1, 0.15) is 0 Å². The van der Waals surface area contributed by atoms with Crippen molar-refractivity contribution in [3.8, 4) is 17.1 Å². The van der Waals surface area contributed by atoms with Gasteiger partial charge in [0, 0.05) is 23.4 Å². The molecule has 0 aliphatic rings. The molecule has 8 heteroatoms. The molecule has 2 aromatic carbocycles. The van der Waals surface area contributed by atoms with Crippen LogP contribution in [0.3, 0.4) is 0 Å². The Morgan fingerprint density at radius 3 is 2.29 bits per heavy atom. The molecule has 5 nitrogen and oxygen atoms in total. The number of nitrogen functional groups attached to an aromatic ring is 1. The molecule has 0 saturated carbocycles. The van der Waals surface area contributed by atoms with Crippen molar-refractivity contribution < 1.29 is 13.2 Å². The highest BCUT2D eigenvalue weighted by molar-refractivity contribution is 5.60. The van der Waals surface area contributed by atoms with E-state index < -0.39 is 17.5 Å². The van der Waals surface area contributed by atoms with Crippen LogP contribution < -0.4 is 5.73 Å². The topological polar surface area (TPSA) is 69.6 Å². The fraction of sp³-hybridized carbons (Fsp3) is 0. The maximum atomic E-state index is 13.8. The van der Waals surface area contributed by atoms with Crippen molar-refractivity contribution in [2.45, 2.75) is 0 Å². The minimum atomic E-state index is -1.28. The van der Waals surface area contributed by atoms with Gasteiger partial charge in [0.1, 0.15) is 5.69 Å². The number of nitrogens with two attached hydrogens (primary N) is 1. The van der Waals surface area contributed by atoms with E-state index in [2.05, 4.69) is 15.5 Å². The van der Waals surface area contributed by atoms with Gasteiger partial charge >= 0.3 is 0 Å². The predicted molar refractivity (Wildman–Crippen MR) is 68.9 cm³/mol. The molecular weight excluding hydrogens is 283 g/mol. The SMILES string of the molecule is Nc1ccc(-c2nnnn2-c2cc(F)c(F)cc2F)cc1. The highest BCUT2D eigenvalue weighted by Gasteiger charge is 2.17. The Morgan fingerprint density at radius 1 is 0.905 bits per heavy atom. The Morgan fingerprint density at radius 2 is 1.57 bits per heavy atom. The standard InChI is InChI=1S/C13H8F3N5/c14-9-5-11(16)12(6-10(9)15)21-13(18-19-20-21)7-1-3-8(17)4-2-7/h1-6H,17H2. The van der Waals surface area contributed by atoms with Gasteiger partial charge in [0.25, 0.3) is 0 Å². The number of nitrogens with zero attached hydrogens (tertiary/aromatic N) is 4. The van der Waals surface area contributed by atoms with Crippen LogP contribution in [0.25, 0.3) is 17.1 Å². The Labute approximate surface area is 116 Å². The monoisotopic (exact) mass is 291 g/mol. The molecule has 3 aromatic rings. The number of rotatable bonds is 2. The summed E-state index contributed by atoms with van der Waals surface area (Å²) in [6, 6.07) is 7.65. The van der Waals surface area contributed by atoms with E-state index in [4.69, 9.17) is 5.73 Å². The molecule has 0 fully saturated rings. The van der Waals surface area contributed by atoms with Crippen LogP contribution in [-0.4, -0.2) is 20.2 Å². The van der Waals surface area contributed by atoms with E-state index in [0.29, 0.717) is 23.4 Å². The Bertz CT molecular complexity index is 798. The van der Waals surface area contributed by atoms with E-state index in [-0.39, 0.29) is 11.5 Å². The molecular formula is C13H8F3N5. The fourth-order valence-corrected chi connectivity index (χ4v) is 1.84.